The van der Waals surface area contributed by atoms with Crippen molar-refractivity contribution in [2.75, 3.05) is 27.2 Å². The number of aromatic nitrogens is 1. The molecule has 5 heteroatoms. The van der Waals surface area contributed by atoms with Crippen molar-refractivity contribution in [2.24, 2.45) is 0 Å². The standard InChI is InChI=1S/C17H27N3.2ClH/c1-4-11-20-14-15(13-18-10-7-12-19(2)3)16-8-5-6-9-17(16)20;;/h5-6,8-9,14,18H,4,7,10-13H2,1-3H3;2*1H. The summed E-state index contributed by atoms with van der Waals surface area (Å²) >= 11 is 0. The van der Waals surface area contributed by atoms with Crippen molar-refractivity contribution in [1.29, 1.82) is 0 Å². The Morgan fingerprint density at radius 3 is 2.55 bits per heavy atom. The minimum Gasteiger partial charge on any atom is -0.347 e. The van der Waals surface area contributed by atoms with Crippen molar-refractivity contribution in [3.63, 3.8) is 0 Å². The van der Waals surface area contributed by atoms with Crippen LogP contribution in [-0.4, -0.2) is 36.7 Å². The molecule has 0 bridgehead atoms. The first kappa shape index (κ1) is 21.3. The highest BCUT2D eigenvalue weighted by atomic mass is 35.5. The third kappa shape index (κ3) is 5.81. The van der Waals surface area contributed by atoms with Crippen LogP contribution in [0.3, 0.4) is 0 Å². The van der Waals surface area contributed by atoms with Gasteiger partial charge < -0.3 is 14.8 Å². The van der Waals surface area contributed by atoms with Crippen LogP contribution in [0.2, 0.25) is 0 Å². The van der Waals surface area contributed by atoms with Crippen LogP contribution in [0.4, 0.5) is 0 Å². The molecule has 2 rings (SSSR count). The molecule has 22 heavy (non-hydrogen) atoms. The van der Waals surface area contributed by atoms with Crippen molar-refractivity contribution in [1.82, 2.24) is 14.8 Å². The maximum absolute atomic E-state index is 3.56. The Kier molecular flexibility index (Phi) is 10.5. The zero-order valence-corrected chi connectivity index (χ0v) is 15.5. The topological polar surface area (TPSA) is 20.2 Å². The Labute approximate surface area is 146 Å². The van der Waals surface area contributed by atoms with E-state index in [1.807, 2.05) is 0 Å². The molecule has 0 spiro atoms. The SMILES string of the molecule is CCCn1cc(CNCCCN(C)C)c2ccccc21.Cl.Cl. The van der Waals surface area contributed by atoms with Gasteiger partial charge >= 0.3 is 0 Å². The van der Waals surface area contributed by atoms with Gasteiger partial charge in [-0.3, -0.25) is 0 Å². The van der Waals surface area contributed by atoms with E-state index in [4.69, 9.17) is 0 Å². The van der Waals surface area contributed by atoms with Crippen LogP contribution in [0.5, 0.6) is 0 Å². The first-order valence-corrected chi connectivity index (χ1v) is 7.64. The normalized spacial score (nSPS) is 10.5. The highest BCUT2D eigenvalue weighted by Crippen LogP contribution is 2.21. The number of halogens is 2. The molecule has 0 aliphatic heterocycles. The van der Waals surface area contributed by atoms with Gasteiger partial charge in [-0.25, -0.2) is 0 Å². The average Bonchev–Trinajstić information content (AvgIpc) is 2.77. The van der Waals surface area contributed by atoms with E-state index in [1.165, 1.54) is 29.3 Å². The Hall–Kier alpha value is -0.740. The highest BCUT2D eigenvalue weighted by Gasteiger charge is 2.06. The monoisotopic (exact) mass is 345 g/mol. The summed E-state index contributed by atoms with van der Waals surface area (Å²) in [6.07, 6.45) is 4.68. The summed E-state index contributed by atoms with van der Waals surface area (Å²) in [6, 6.07) is 8.72. The molecule has 0 aliphatic rings. The average molecular weight is 346 g/mol. The van der Waals surface area contributed by atoms with Crippen LogP contribution in [0.25, 0.3) is 10.9 Å². The molecule has 0 atom stereocenters. The molecule has 3 nitrogen and oxygen atoms in total. The molecule has 1 aromatic carbocycles. The van der Waals surface area contributed by atoms with Gasteiger partial charge in [-0.2, -0.15) is 0 Å². The Morgan fingerprint density at radius 2 is 1.86 bits per heavy atom. The van der Waals surface area contributed by atoms with Crippen molar-refractivity contribution in [3.05, 3.63) is 36.0 Å². The van der Waals surface area contributed by atoms with E-state index in [-0.39, 0.29) is 24.8 Å². The van der Waals surface area contributed by atoms with E-state index in [0.29, 0.717) is 0 Å². The molecule has 2 aromatic rings. The minimum atomic E-state index is 0. The molecule has 0 aliphatic carbocycles. The molecule has 0 radical (unpaired) electrons. The summed E-state index contributed by atoms with van der Waals surface area (Å²) in [5.74, 6) is 0. The van der Waals surface area contributed by atoms with E-state index in [1.54, 1.807) is 0 Å². The molecule has 0 saturated heterocycles. The van der Waals surface area contributed by atoms with Crippen LogP contribution in [0, 0.1) is 0 Å². The third-order valence-electron chi connectivity index (χ3n) is 3.61. The fourth-order valence-electron chi connectivity index (χ4n) is 2.63. The summed E-state index contributed by atoms with van der Waals surface area (Å²) in [5.41, 5.74) is 2.78. The summed E-state index contributed by atoms with van der Waals surface area (Å²) in [7, 11) is 4.25. The smallest absolute Gasteiger partial charge is 0.0483 e. The zero-order chi connectivity index (χ0) is 14.4. The van der Waals surface area contributed by atoms with Crippen LogP contribution in [0.1, 0.15) is 25.3 Å². The van der Waals surface area contributed by atoms with Gasteiger partial charge in [0.05, 0.1) is 0 Å². The summed E-state index contributed by atoms with van der Waals surface area (Å²) in [4.78, 5) is 2.23. The number of fused-ring (bicyclic) bond motifs is 1. The van der Waals surface area contributed by atoms with Crippen LogP contribution < -0.4 is 5.32 Å². The fraction of sp³-hybridized carbons (Fsp3) is 0.529. The van der Waals surface area contributed by atoms with E-state index in [9.17, 15) is 0 Å². The van der Waals surface area contributed by atoms with E-state index in [0.717, 1.165) is 26.2 Å². The summed E-state index contributed by atoms with van der Waals surface area (Å²) in [5, 5.41) is 4.95. The lowest BCUT2D eigenvalue weighted by molar-refractivity contribution is 0.394. The number of rotatable bonds is 8. The van der Waals surface area contributed by atoms with Gasteiger partial charge in [0, 0.05) is 30.2 Å². The van der Waals surface area contributed by atoms with Crippen molar-refractivity contribution in [2.45, 2.75) is 32.9 Å². The van der Waals surface area contributed by atoms with Gasteiger partial charge in [-0.15, -0.1) is 24.8 Å². The quantitative estimate of drug-likeness (QED) is 0.731. The number of nitrogens with one attached hydrogen (secondary N) is 1. The van der Waals surface area contributed by atoms with Crippen LogP contribution in [-0.2, 0) is 13.1 Å². The molecule has 126 valence electrons. The van der Waals surface area contributed by atoms with E-state index in [2.05, 4.69) is 66.3 Å². The third-order valence-corrected chi connectivity index (χ3v) is 3.61. The number of benzene rings is 1. The van der Waals surface area contributed by atoms with Gasteiger partial charge in [0.1, 0.15) is 0 Å². The van der Waals surface area contributed by atoms with E-state index >= 15 is 0 Å². The van der Waals surface area contributed by atoms with Gasteiger partial charge in [0.2, 0.25) is 0 Å². The number of nitrogens with zero attached hydrogens (tertiary/aromatic N) is 2. The van der Waals surface area contributed by atoms with Gasteiger partial charge in [0.25, 0.3) is 0 Å². The number of aryl methyl sites for hydroxylation is 1. The maximum Gasteiger partial charge on any atom is 0.0483 e. The first-order chi connectivity index (χ1) is 9.72. The largest absolute Gasteiger partial charge is 0.347 e. The highest BCUT2D eigenvalue weighted by molar-refractivity contribution is 5.85. The predicted octanol–water partition coefficient (Wildman–Crippen LogP) is 3.94. The molecule has 1 heterocycles. The van der Waals surface area contributed by atoms with Gasteiger partial charge in [-0.1, -0.05) is 25.1 Å². The first-order valence-electron chi connectivity index (χ1n) is 7.64. The van der Waals surface area contributed by atoms with Crippen LogP contribution >= 0.6 is 24.8 Å². The van der Waals surface area contributed by atoms with E-state index < -0.39 is 0 Å². The second kappa shape index (κ2) is 10.9. The second-order valence-corrected chi connectivity index (χ2v) is 5.70. The summed E-state index contributed by atoms with van der Waals surface area (Å²) < 4.78 is 2.38. The zero-order valence-electron chi connectivity index (χ0n) is 13.8. The summed E-state index contributed by atoms with van der Waals surface area (Å²) in [6.45, 7) is 6.51. The number of hydrogen-bond acceptors (Lipinski definition) is 2. The predicted molar refractivity (Wildman–Crippen MR) is 102 cm³/mol. The van der Waals surface area contributed by atoms with Gasteiger partial charge in [0.15, 0.2) is 0 Å². The number of hydrogen-bond donors (Lipinski definition) is 1. The molecular formula is C17H29Cl2N3. The maximum atomic E-state index is 3.56. The Balaban J connectivity index is 0.00000220. The van der Waals surface area contributed by atoms with Crippen molar-refractivity contribution < 1.29 is 0 Å². The molecular weight excluding hydrogens is 317 g/mol. The lowest BCUT2D eigenvalue weighted by Crippen LogP contribution is -2.20. The molecule has 0 amide bonds. The number of para-hydroxylation sites is 1. The Morgan fingerprint density at radius 1 is 1.14 bits per heavy atom. The lowest BCUT2D eigenvalue weighted by atomic mass is 10.2. The molecule has 0 fully saturated rings. The fourth-order valence-corrected chi connectivity index (χ4v) is 2.63. The molecule has 1 N–H and O–H groups in total. The Bertz CT molecular complexity index is 538. The molecule has 0 saturated carbocycles. The van der Waals surface area contributed by atoms with Crippen molar-refractivity contribution >= 4 is 35.7 Å². The molecule has 1 aromatic heterocycles. The second-order valence-electron chi connectivity index (χ2n) is 5.70. The van der Waals surface area contributed by atoms with Crippen LogP contribution in [0.15, 0.2) is 30.5 Å². The molecule has 0 unspecified atom stereocenters. The van der Waals surface area contributed by atoms with Crippen molar-refractivity contribution in [3.8, 4) is 0 Å². The lowest BCUT2D eigenvalue weighted by Gasteiger charge is -2.09. The van der Waals surface area contributed by atoms with Gasteiger partial charge in [-0.05, 0) is 51.7 Å². The minimum absolute atomic E-state index is 0.